The maximum absolute atomic E-state index is 12.0. The van der Waals surface area contributed by atoms with Crippen LogP contribution in [-0.2, 0) is 14.8 Å². The van der Waals surface area contributed by atoms with Gasteiger partial charge >= 0.3 is 0 Å². The highest BCUT2D eigenvalue weighted by Crippen LogP contribution is 2.06. The van der Waals surface area contributed by atoms with Gasteiger partial charge in [-0.15, -0.1) is 24.8 Å². The van der Waals surface area contributed by atoms with Crippen molar-refractivity contribution < 1.29 is 13.2 Å². The van der Waals surface area contributed by atoms with Gasteiger partial charge in [-0.2, -0.15) is 0 Å². The number of hydrogen-bond donors (Lipinski definition) is 2. The van der Waals surface area contributed by atoms with Gasteiger partial charge in [0.1, 0.15) is 4.90 Å². The zero-order valence-electron chi connectivity index (χ0n) is 14.7. The van der Waals surface area contributed by atoms with Crippen molar-refractivity contribution >= 4 is 40.7 Å². The molecular weight excluding hydrogens is 387 g/mol. The Hall–Kier alpha value is -0.930. The van der Waals surface area contributed by atoms with Crippen LogP contribution in [0.1, 0.15) is 26.7 Å². The molecule has 7 nitrogen and oxygen atoms in total. The lowest BCUT2D eigenvalue weighted by Gasteiger charge is -2.21. The van der Waals surface area contributed by atoms with Crippen LogP contribution in [0.25, 0.3) is 0 Å². The van der Waals surface area contributed by atoms with Crippen molar-refractivity contribution in [3.05, 3.63) is 24.5 Å². The summed E-state index contributed by atoms with van der Waals surface area (Å²) in [6.45, 7) is 4.70. The third kappa shape index (κ3) is 9.37. The van der Waals surface area contributed by atoms with Crippen LogP contribution < -0.4 is 10.5 Å². The fourth-order valence-corrected chi connectivity index (χ4v) is 2.87. The summed E-state index contributed by atoms with van der Waals surface area (Å²) in [7, 11) is -1.92. The third-order valence-corrected chi connectivity index (χ3v) is 5.10. The highest BCUT2D eigenvalue weighted by Gasteiger charge is 2.16. The van der Waals surface area contributed by atoms with E-state index in [4.69, 9.17) is 5.73 Å². The normalized spacial score (nSPS) is 12.0. The van der Waals surface area contributed by atoms with E-state index in [-0.39, 0.29) is 54.6 Å². The zero-order chi connectivity index (χ0) is 17.5. The van der Waals surface area contributed by atoms with E-state index in [9.17, 15) is 13.2 Å². The van der Waals surface area contributed by atoms with Gasteiger partial charge in [-0.25, -0.2) is 13.1 Å². The van der Waals surface area contributed by atoms with E-state index in [1.165, 1.54) is 18.5 Å². The molecule has 1 aromatic rings. The van der Waals surface area contributed by atoms with Crippen molar-refractivity contribution in [2.45, 2.75) is 37.6 Å². The van der Waals surface area contributed by atoms with E-state index >= 15 is 0 Å². The maximum atomic E-state index is 12.0. The lowest BCUT2D eigenvalue weighted by molar-refractivity contribution is -0.129. The minimum absolute atomic E-state index is 0. The SMILES string of the molecule is CC(C)C(N)CCN(C)C(=O)CCNS(=O)(=O)c1cccnc1.Cl.Cl. The largest absolute Gasteiger partial charge is 0.346 e. The highest BCUT2D eigenvalue weighted by molar-refractivity contribution is 7.89. The lowest BCUT2D eigenvalue weighted by atomic mass is 10.0. The van der Waals surface area contributed by atoms with Crippen LogP contribution in [0.5, 0.6) is 0 Å². The molecule has 146 valence electrons. The molecule has 0 saturated heterocycles. The summed E-state index contributed by atoms with van der Waals surface area (Å²) < 4.78 is 26.4. The Morgan fingerprint density at radius 3 is 2.52 bits per heavy atom. The van der Waals surface area contributed by atoms with E-state index in [0.717, 1.165) is 6.42 Å². The van der Waals surface area contributed by atoms with Gasteiger partial charge in [0.2, 0.25) is 15.9 Å². The van der Waals surface area contributed by atoms with Crippen LogP contribution in [-0.4, -0.2) is 50.4 Å². The second kappa shape index (κ2) is 12.4. The van der Waals surface area contributed by atoms with Crippen molar-refractivity contribution in [3.63, 3.8) is 0 Å². The molecule has 0 fully saturated rings. The van der Waals surface area contributed by atoms with Gasteiger partial charge in [-0.3, -0.25) is 9.78 Å². The van der Waals surface area contributed by atoms with Crippen molar-refractivity contribution in [3.8, 4) is 0 Å². The van der Waals surface area contributed by atoms with Crippen LogP contribution in [0.3, 0.4) is 0 Å². The zero-order valence-corrected chi connectivity index (χ0v) is 17.2. The monoisotopic (exact) mass is 414 g/mol. The first kappa shape index (κ1) is 26.3. The fraction of sp³-hybridized carbons (Fsp3) is 0.600. The van der Waals surface area contributed by atoms with E-state index in [2.05, 4.69) is 9.71 Å². The quantitative estimate of drug-likeness (QED) is 0.635. The van der Waals surface area contributed by atoms with Crippen molar-refractivity contribution in [2.24, 2.45) is 11.7 Å². The molecule has 0 aromatic carbocycles. The molecule has 1 atom stereocenters. The molecule has 10 heteroatoms. The Morgan fingerprint density at radius 1 is 1.36 bits per heavy atom. The van der Waals surface area contributed by atoms with Gasteiger partial charge in [0.15, 0.2) is 0 Å². The number of aromatic nitrogens is 1. The van der Waals surface area contributed by atoms with E-state index in [1.54, 1.807) is 18.0 Å². The number of amides is 1. The van der Waals surface area contributed by atoms with Crippen LogP contribution >= 0.6 is 24.8 Å². The molecule has 1 rings (SSSR count). The van der Waals surface area contributed by atoms with Crippen molar-refractivity contribution in [1.29, 1.82) is 0 Å². The van der Waals surface area contributed by atoms with E-state index in [0.29, 0.717) is 12.5 Å². The maximum Gasteiger partial charge on any atom is 0.242 e. The van der Waals surface area contributed by atoms with Crippen LogP contribution in [0.2, 0.25) is 0 Å². The summed E-state index contributed by atoms with van der Waals surface area (Å²) in [5.41, 5.74) is 5.95. The van der Waals surface area contributed by atoms with Crippen molar-refractivity contribution in [1.82, 2.24) is 14.6 Å². The van der Waals surface area contributed by atoms with Crippen LogP contribution in [0, 0.1) is 5.92 Å². The minimum Gasteiger partial charge on any atom is -0.346 e. The highest BCUT2D eigenvalue weighted by atomic mass is 35.5. The molecule has 0 bridgehead atoms. The number of nitrogens with one attached hydrogen (secondary N) is 1. The molecule has 1 unspecified atom stereocenters. The molecule has 1 amide bonds. The van der Waals surface area contributed by atoms with Gasteiger partial charge in [0, 0.05) is 45.0 Å². The number of hydrogen-bond acceptors (Lipinski definition) is 5. The average molecular weight is 415 g/mol. The van der Waals surface area contributed by atoms with Gasteiger partial charge in [-0.1, -0.05) is 13.8 Å². The fourth-order valence-electron chi connectivity index (χ4n) is 1.87. The number of nitrogens with zero attached hydrogens (tertiary/aromatic N) is 2. The molecule has 0 spiro atoms. The predicted molar refractivity (Wildman–Crippen MR) is 104 cm³/mol. The third-order valence-electron chi connectivity index (χ3n) is 3.66. The topological polar surface area (TPSA) is 105 Å². The number of halogens is 2. The smallest absolute Gasteiger partial charge is 0.242 e. The Balaban J connectivity index is 0. The summed E-state index contributed by atoms with van der Waals surface area (Å²) in [6.07, 6.45) is 3.59. The van der Waals surface area contributed by atoms with Gasteiger partial charge in [0.05, 0.1) is 0 Å². The molecular formula is C15H28Cl2N4O3S. The van der Waals surface area contributed by atoms with E-state index in [1.807, 2.05) is 13.8 Å². The second-order valence-electron chi connectivity index (χ2n) is 5.85. The van der Waals surface area contributed by atoms with Gasteiger partial charge < -0.3 is 10.6 Å². The minimum atomic E-state index is -3.62. The first-order chi connectivity index (χ1) is 10.7. The van der Waals surface area contributed by atoms with Crippen molar-refractivity contribution in [2.75, 3.05) is 20.1 Å². The number of rotatable bonds is 9. The Morgan fingerprint density at radius 2 is 2.00 bits per heavy atom. The number of sulfonamides is 1. The Kier molecular flexibility index (Phi) is 13.1. The number of carbonyl (C=O) groups excluding carboxylic acids is 1. The standard InChI is InChI=1S/C15H26N4O3S.2ClH/c1-12(2)14(16)7-10-19(3)15(20)6-9-18-23(21,22)13-5-4-8-17-11-13;;/h4-5,8,11-12,14,18H,6-7,9-10,16H2,1-3H3;2*1H. The molecule has 1 aromatic heterocycles. The molecule has 0 aliphatic heterocycles. The summed E-state index contributed by atoms with van der Waals surface area (Å²) >= 11 is 0. The molecule has 25 heavy (non-hydrogen) atoms. The first-order valence-electron chi connectivity index (χ1n) is 7.63. The van der Waals surface area contributed by atoms with Crippen LogP contribution in [0.4, 0.5) is 0 Å². The Labute approximate surface area is 162 Å². The van der Waals surface area contributed by atoms with Gasteiger partial charge in [-0.05, 0) is 24.5 Å². The molecule has 0 saturated carbocycles. The molecule has 1 heterocycles. The van der Waals surface area contributed by atoms with E-state index < -0.39 is 10.0 Å². The first-order valence-corrected chi connectivity index (χ1v) is 9.11. The summed E-state index contributed by atoms with van der Waals surface area (Å²) in [6, 6.07) is 3.05. The molecule has 0 aliphatic carbocycles. The number of carbonyl (C=O) groups is 1. The lowest BCUT2D eigenvalue weighted by Crippen LogP contribution is -2.36. The van der Waals surface area contributed by atoms with Crippen LogP contribution in [0.15, 0.2) is 29.4 Å². The number of nitrogens with two attached hydrogens (primary N) is 1. The molecule has 3 N–H and O–H groups in total. The van der Waals surface area contributed by atoms with Gasteiger partial charge in [0.25, 0.3) is 0 Å². The summed E-state index contributed by atoms with van der Waals surface area (Å²) in [4.78, 5) is 17.4. The number of pyridine rings is 1. The summed E-state index contributed by atoms with van der Waals surface area (Å²) in [5.74, 6) is 0.250. The molecule has 0 aliphatic rings. The Bertz CT molecular complexity index is 600. The second-order valence-corrected chi connectivity index (χ2v) is 7.62. The predicted octanol–water partition coefficient (Wildman–Crippen LogP) is 1.43. The summed E-state index contributed by atoms with van der Waals surface area (Å²) in [5, 5.41) is 0. The average Bonchev–Trinajstić information content (AvgIpc) is 2.52. The molecule has 0 radical (unpaired) electrons.